The van der Waals surface area contributed by atoms with Crippen molar-refractivity contribution in [1.29, 1.82) is 0 Å². The maximum atomic E-state index is 12.1. The van der Waals surface area contributed by atoms with E-state index in [1.54, 1.807) is 17.8 Å². The zero-order valence-corrected chi connectivity index (χ0v) is 12.9. The van der Waals surface area contributed by atoms with Crippen molar-refractivity contribution in [2.45, 2.75) is 6.42 Å². The van der Waals surface area contributed by atoms with Gasteiger partial charge in [0, 0.05) is 21.7 Å². The molecule has 3 nitrogen and oxygen atoms in total. The number of nitrogens with one attached hydrogen (secondary N) is 1. The largest absolute Gasteiger partial charge is 0.397 e. The highest BCUT2D eigenvalue weighted by molar-refractivity contribution is 7.98. The Kier molecular flexibility index (Phi) is 4.96. The zero-order chi connectivity index (χ0) is 13.8. The molecule has 2 rings (SSSR count). The number of thioether (sulfide) groups is 1. The van der Waals surface area contributed by atoms with E-state index in [2.05, 4.69) is 11.6 Å². The number of nitrogens with two attached hydrogens (primary N) is 1. The Balaban J connectivity index is 2.15. The second-order valence-corrected chi connectivity index (χ2v) is 6.56. The molecule has 2 aromatic rings. The van der Waals surface area contributed by atoms with E-state index >= 15 is 0 Å². The van der Waals surface area contributed by atoms with Crippen molar-refractivity contribution in [3.63, 3.8) is 0 Å². The first-order valence-corrected chi connectivity index (χ1v) is 8.47. The highest BCUT2D eigenvalue weighted by Gasteiger charge is 2.15. The average molecular weight is 315 g/mol. The summed E-state index contributed by atoms with van der Waals surface area (Å²) >= 11 is 9.09. The minimum absolute atomic E-state index is 0.101. The summed E-state index contributed by atoms with van der Waals surface area (Å²) < 4.78 is 0.944. The second-order valence-electron chi connectivity index (χ2n) is 4.09. The van der Waals surface area contributed by atoms with Gasteiger partial charge in [0.1, 0.15) is 4.88 Å². The number of benzene rings is 1. The molecular formula is C13H15ClN2OS2. The summed E-state index contributed by atoms with van der Waals surface area (Å²) in [6.07, 6.45) is 3.01. The highest BCUT2D eigenvalue weighted by Crippen LogP contribution is 2.35. The van der Waals surface area contributed by atoms with Crippen LogP contribution in [0.1, 0.15) is 16.1 Å². The first kappa shape index (κ1) is 14.5. The van der Waals surface area contributed by atoms with Crippen molar-refractivity contribution in [3.8, 4) is 0 Å². The van der Waals surface area contributed by atoms with Gasteiger partial charge in [-0.05, 0) is 36.6 Å². The lowest BCUT2D eigenvalue weighted by atomic mass is 10.2. The van der Waals surface area contributed by atoms with Gasteiger partial charge in [-0.15, -0.1) is 11.3 Å². The normalized spacial score (nSPS) is 10.8. The van der Waals surface area contributed by atoms with E-state index in [-0.39, 0.29) is 5.91 Å². The van der Waals surface area contributed by atoms with Crippen LogP contribution in [0.25, 0.3) is 10.1 Å². The van der Waals surface area contributed by atoms with Crippen molar-refractivity contribution >= 4 is 56.4 Å². The van der Waals surface area contributed by atoms with Gasteiger partial charge in [0.2, 0.25) is 0 Å². The number of amides is 1. The minimum Gasteiger partial charge on any atom is -0.397 e. The Labute approximate surface area is 125 Å². The maximum Gasteiger partial charge on any atom is 0.263 e. The molecule has 0 bridgehead atoms. The average Bonchev–Trinajstić information content (AvgIpc) is 2.71. The van der Waals surface area contributed by atoms with Crippen LogP contribution in [-0.4, -0.2) is 24.5 Å². The Morgan fingerprint density at radius 3 is 3.05 bits per heavy atom. The Hall–Kier alpha value is -0.910. The smallest absolute Gasteiger partial charge is 0.263 e. The quantitative estimate of drug-likeness (QED) is 0.829. The summed E-state index contributed by atoms with van der Waals surface area (Å²) in [5.74, 6) is 0.938. The molecule has 0 aliphatic carbocycles. The van der Waals surface area contributed by atoms with Gasteiger partial charge in [-0.25, -0.2) is 0 Å². The third kappa shape index (κ3) is 3.35. The number of fused-ring (bicyclic) bond motifs is 1. The molecule has 3 N–H and O–H groups in total. The van der Waals surface area contributed by atoms with Gasteiger partial charge in [0.05, 0.1) is 5.69 Å². The SMILES string of the molecule is CSCCCNC(=O)c1sc2cc(Cl)ccc2c1N. The molecule has 19 heavy (non-hydrogen) atoms. The fourth-order valence-electron chi connectivity index (χ4n) is 1.76. The summed E-state index contributed by atoms with van der Waals surface area (Å²) in [5, 5.41) is 4.44. The topological polar surface area (TPSA) is 55.1 Å². The number of halogens is 1. The zero-order valence-electron chi connectivity index (χ0n) is 10.5. The van der Waals surface area contributed by atoms with Crippen LogP contribution in [0.4, 0.5) is 5.69 Å². The number of anilines is 1. The first-order valence-electron chi connectivity index (χ1n) is 5.88. The van der Waals surface area contributed by atoms with Gasteiger partial charge in [0.25, 0.3) is 5.91 Å². The fraction of sp³-hybridized carbons (Fsp3) is 0.308. The molecule has 6 heteroatoms. The van der Waals surface area contributed by atoms with Crippen LogP contribution < -0.4 is 11.1 Å². The molecule has 0 saturated carbocycles. The van der Waals surface area contributed by atoms with Crippen molar-refractivity contribution in [1.82, 2.24) is 5.32 Å². The standard InChI is InChI=1S/C13H15ClN2OS2/c1-18-6-2-5-16-13(17)12-11(15)9-4-3-8(14)7-10(9)19-12/h3-4,7H,2,5-6,15H2,1H3,(H,16,17). The third-order valence-corrected chi connectivity index (χ3v) is 4.81. The summed E-state index contributed by atoms with van der Waals surface area (Å²) in [5.41, 5.74) is 6.56. The monoisotopic (exact) mass is 314 g/mol. The van der Waals surface area contributed by atoms with Crippen molar-refractivity contribution < 1.29 is 4.79 Å². The lowest BCUT2D eigenvalue weighted by Crippen LogP contribution is -2.24. The maximum absolute atomic E-state index is 12.1. The molecule has 0 aliphatic heterocycles. The van der Waals surface area contributed by atoms with Crippen molar-refractivity contribution in [2.24, 2.45) is 0 Å². The van der Waals surface area contributed by atoms with Crippen LogP contribution in [0.2, 0.25) is 5.02 Å². The van der Waals surface area contributed by atoms with E-state index in [4.69, 9.17) is 17.3 Å². The lowest BCUT2D eigenvalue weighted by Gasteiger charge is -2.03. The molecule has 1 aromatic heterocycles. The van der Waals surface area contributed by atoms with Crippen LogP contribution in [0.15, 0.2) is 18.2 Å². The predicted octanol–water partition coefficient (Wildman–Crippen LogP) is 3.62. The van der Waals surface area contributed by atoms with Gasteiger partial charge in [-0.1, -0.05) is 11.6 Å². The van der Waals surface area contributed by atoms with Gasteiger partial charge >= 0.3 is 0 Å². The second kappa shape index (κ2) is 6.50. The van der Waals surface area contributed by atoms with E-state index in [1.165, 1.54) is 11.3 Å². The van der Waals surface area contributed by atoms with Gasteiger partial charge < -0.3 is 11.1 Å². The lowest BCUT2D eigenvalue weighted by molar-refractivity contribution is 0.0958. The first-order chi connectivity index (χ1) is 9.13. The van der Waals surface area contributed by atoms with Gasteiger partial charge in [-0.2, -0.15) is 11.8 Å². The Bertz CT molecular complexity index is 598. The van der Waals surface area contributed by atoms with Crippen LogP contribution in [0.3, 0.4) is 0 Å². The molecule has 0 unspecified atom stereocenters. The van der Waals surface area contributed by atoms with Crippen LogP contribution >= 0.6 is 34.7 Å². The van der Waals surface area contributed by atoms with E-state index in [0.29, 0.717) is 22.1 Å². The molecule has 1 aromatic carbocycles. The summed E-state index contributed by atoms with van der Waals surface area (Å²) in [7, 11) is 0. The number of carbonyl (C=O) groups excluding carboxylic acids is 1. The summed E-state index contributed by atoms with van der Waals surface area (Å²) in [6, 6.07) is 5.48. The molecule has 1 amide bonds. The Morgan fingerprint density at radius 2 is 2.32 bits per heavy atom. The van der Waals surface area contributed by atoms with Crippen molar-refractivity contribution in [2.75, 3.05) is 24.3 Å². The van der Waals surface area contributed by atoms with E-state index in [1.807, 2.05) is 12.1 Å². The molecule has 102 valence electrons. The third-order valence-electron chi connectivity index (χ3n) is 2.71. The highest BCUT2D eigenvalue weighted by atomic mass is 35.5. The number of rotatable bonds is 5. The summed E-state index contributed by atoms with van der Waals surface area (Å²) in [6.45, 7) is 0.675. The number of thiophene rings is 1. The molecule has 0 radical (unpaired) electrons. The molecule has 1 heterocycles. The van der Waals surface area contributed by atoms with E-state index < -0.39 is 0 Å². The van der Waals surface area contributed by atoms with Crippen molar-refractivity contribution in [3.05, 3.63) is 28.1 Å². The van der Waals surface area contributed by atoms with Gasteiger partial charge in [-0.3, -0.25) is 4.79 Å². The molecule has 0 spiro atoms. The molecule has 0 fully saturated rings. The molecule has 0 aliphatic rings. The number of carbonyl (C=O) groups is 1. The molecule has 0 saturated heterocycles. The summed E-state index contributed by atoms with van der Waals surface area (Å²) in [4.78, 5) is 12.6. The van der Waals surface area contributed by atoms with E-state index in [0.717, 1.165) is 22.3 Å². The fourth-order valence-corrected chi connectivity index (χ4v) is 3.51. The predicted molar refractivity (Wildman–Crippen MR) is 86.6 cm³/mol. The van der Waals surface area contributed by atoms with Gasteiger partial charge in [0.15, 0.2) is 0 Å². The number of hydrogen-bond acceptors (Lipinski definition) is 4. The minimum atomic E-state index is -0.101. The number of nitrogen functional groups attached to an aromatic ring is 1. The van der Waals surface area contributed by atoms with Crippen LogP contribution in [0.5, 0.6) is 0 Å². The van der Waals surface area contributed by atoms with Crippen LogP contribution in [-0.2, 0) is 0 Å². The molecule has 0 atom stereocenters. The Morgan fingerprint density at radius 1 is 1.53 bits per heavy atom. The van der Waals surface area contributed by atoms with Crippen LogP contribution in [0, 0.1) is 0 Å². The van der Waals surface area contributed by atoms with E-state index in [9.17, 15) is 4.79 Å². The molecular weight excluding hydrogens is 300 g/mol. The number of hydrogen-bond donors (Lipinski definition) is 2.